The van der Waals surface area contributed by atoms with Gasteiger partial charge in [-0.1, -0.05) is 60.6 Å². The SMILES string of the molecule is C=Nc1c(F)c(F)c(CNC(=O)C[C@]23CC[C@@H](C(=C)C)[C@@H]2[C@H]2CC[C@@H]4[C@@]5(C)CC[C@H](OC(=O)CC(C)(C)CC(=O)O)C(C)(C)[C@@H]5CC[C@@]4(C)[C@]2(C)CC3)c(F)c1F. The van der Waals surface area contributed by atoms with E-state index in [0.29, 0.717) is 17.8 Å². The number of aliphatic imine (C=N–C) groups is 1. The van der Waals surface area contributed by atoms with E-state index in [2.05, 4.69) is 65.1 Å². The van der Waals surface area contributed by atoms with Crippen LogP contribution in [0.1, 0.15) is 144 Å². The van der Waals surface area contributed by atoms with Crippen molar-refractivity contribution < 1.29 is 41.8 Å². The number of aliphatic carboxylic acids is 1. The van der Waals surface area contributed by atoms with Gasteiger partial charge in [-0.2, -0.15) is 0 Å². The summed E-state index contributed by atoms with van der Waals surface area (Å²) in [4.78, 5) is 41.5. The summed E-state index contributed by atoms with van der Waals surface area (Å²) in [6.45, 7) is 24.4. The van der Waals surface area contributed by atoms with Gasteiger partial charge in [-0.15, -0.1) is 0 Å². The highest BCUT2D eigenvalue weighted by atomic mass is 19.2. The summed E-state index contributed by atoms with van der Waals surface area (Å²) >= 11 is 0. The topological polar surface area (TPSA) is 105 Å². The Morgan fingerprint density at radius 3 is 2.09 bits per heavy atom. The third-order valence-electron chi connectivity index (χ3n) is 17.2. The molecule has 1 aromatic rings. The molecule has 0 bridgehead atoms. The Balaban J connectivity index is 1.22. The first-order chi connectivity index (χ1) is 26.4. The molecule has 1 amide bonds. The van der Waals surface area contributed by atoms with Crippen LogP contribution in [0.2, 0.25) is 0 Å². The van der Waals surface area contributed by atoms with Crippen molar-refractivity contribution >= 4 is 30.3 Å². The molecule has 10 atom stereocenters. The highest BCUT2D eigenvalue weighted by Gasteiger charge is 2.71. The third kappa shape index (κ3) is 6.96. The molecule has 6 rings (SSSR count). The average molecular weight is 801 g/mol. The van der Waals surface area contributed by atoms with Crippen LogP contribution in [0.3, 0.4) is 0 Å². The Morgan fingerprint density at radius 1 is 0.842 bits per heavy atom. The standard InChI is InChI=1S/C46H64F4N2O5/c1-25(2)26-13-18-46(21-32(53)52-24-27-36(47)38(49)40(51-10)39(50)37(27)48)20-19-44(8)28(35(26)46)11-12-30-43(7)16-15-31(42(5,6)29(43)14-17-45(30,44)9)57-34(56)23-41(3,4)22-33(54)55/h26,28-31,35H,1,10-24H2,2-9H3,(H,52,53)(H,54,55)/t26-,28+,29-,30+,31-,35+,43-,44+,45+,46+/m0/s1. The van der Waals surface area contributed by atoms with Gasteiger partial charge in [0.15, 0.2) is 23.3 Å². The number of carbonyl (C=O) groups excluding carboxylic acids is 2. The Hall–Kier alpha value is -3.24. The number of nitrogens with zero attached hydrogens (tertiary/aromatic N) is 1. The van der Waals surface area contributed by atoms with Gasteiger partial charge in [-0.05, 0) is 135 Å². The van der Waals surface area contributed by atoms with Crippen LogP contribution >= 0.6 is 0 Å². The molecule has 5 aliphatic carbocycles. The second kappa shape index (κ2) is 14.8. The molecular weight excluding hydrogens is 737 g/mol. The number of halogens is 4. The zero-order chi connectivity index (χ0) is 42.3. The minimum absolute atomic E-state index is 0.0159. The quantitative estimate of drug-likeness (QED) is 0.0762. The highest BCUT2D eigenvalue weighted by Crippen LogP contribution is 2.78. The molecule has 1 aromatic carbocycles. The summed E-state index contributed by atoms with van der Waals surface area (Å²) in [7, 11) is 0. The molecule has 5 fully saturated rings. The molecule has 0 saturated heterocycles. The number of nitrogens with one attached hydrogen (secondary N) is 1. The normalized spacial score (nSPS) is 36.8. The summed E-state index contributed by atoms with van der Waals surface area (Å²) in [5, 5.41) is 11.9. The van der Waals surface area contributed by atoms with Crippen molar-refractivity contribution in [3.05, 3.63) is 41.0 Å². The van der Waals surface area contributed by atoms with Crippen LogP contribution in [0.15, 0.2) is 17.1 Å². The number of hydrogen-bond acceptors (Lipinski definition) is 5. The van der Waals surface area contributed by atoms with Crippen molar-refractivity contribution in [1.82, 2.24) is 5.32 Å². The molecular formula is C46H64F4N2O5. The van der Waals surface area contributed by atoms with E-state index in [0.717, 1.165) is 69.8 Å². The van der Waals surface area contributed by atoms with E-state index in [-0.39, 0.29) is 70.2 Å². The molecule has 57 heavy (non-hydrogen) atoms. The number of fused-ring (bicyclic) bond motifs is 7. The molecule has 2 N–H and O–H groups in total. The lowest BCUT2D eigenvalue weighted by molar-refractivity contribution is -0.250. The largest absolute Gasteiger partial charge is 0.481 e. The summed E-state index contributed by atoms with van der Waals surface area (Å²) in [6, 6.07) is 0. The number of hydrogen-bond donors (Lipinski definition) is 2. The van der Waals surface area contributed by atoms with E-state index in [4.69, 9.17) is 4.74 Å². The molecule has 0 aromatic heterocycles. The fraction of sp³-hybridized carbons (Fsp3) is 0.739. The van der Waals surface area contributed by atoms with Crippen LogP contribution in [0.5, 0.6) is 0 Å². The monoisotopic (exact) mass is 800 g/mol. The second-order valence-corrected chi connectivity index (χ2v) is 21.0. The molecule has 7 nitrogen and oxygen atoms in total. The van der Waals surface area contributed by atoms with E-state index in [1.165, 1.54) is 0 Å². The molecule has 11 heteroatoms. The smallest absolute Gasteiger partial charge is 0.306 e. The molecule has 0 unspecified atom stereocenters. The average Bonchev–Trinajstić information content (AvgIpc) is 3.48. The number of amides is 1. The van der Waals surface area contributed by atoms with Gasteiger partial charge in [0, 0.05) is 23.9 Å². The van der Waals surface area contributed by atoms with Gasteiger partial charge in [-0.3, -0.25) is 19.4 Å². The minimum atomic E-state index is -1.64. The second-order valence-electron chi connectivity index (χ2n) is 21.0. The van der Waals surface area contributed by atoms with Crippen molar-refractivity contribution in [1.29, 1.82) is 0 Å². The molecule has 0 aliphatic heterocycles. The fourth-order valence-corrected chi connectivity index (χ4v) is 14.4. The van der Waals surface area contributed by atoms with Gasteiger partial charge in [0.05, 0.1) is 12.8 Å². The highest BCUT2D eigenvalue weighted by molar-refractivity contribution is 5.77. The Kier molecular flexibility index (Phi) is 11.2. The Morgan fingerprint density at radius 2 is 1.49 bits per heavy atom. The zero-order valence-electron chi connectivity index (χ0n) is 35.3. The van der Waals surface area contributed by atoms with Crippen molar-refractivity contribution in [3.8, 4) is 0 Å². The van der Waals surface area contributed by atoms with Gasteiger partial charge >= 0.3 is 11.9 Å². The fourth-order valence-electron chi connectivity index (χ4n) is 14.4. The van der Waals surface area contributed by atoms with E-state index in [1.807, 2.05) is 0 Å². The maximum atomic E-state index is 14.8. The van der Waals surface area contributed by atoms with E-state index in [9.17, 15) is 37.1 Å². The van der Waals surface area contributed by atoms with E-state index < -0.39 is 58.4 Å². The number of carboxylic acids is 1. The van der Waals surface area contributed by atoms with Crippen molar-refractivity contribution in [2.75, 3.05) is 0 Å². The zero-order valence-corrected chi connectivity index (χ0v) is 35.3. The molecule has 0 heterocycles. The first-order valence-electron chi connectivity index (χ1n) is 21.0. The Labute approximate surface area is 336 Å². The van der Waals surface area contributed by atoms with Gasteiger partial charge in [0.1, 0.15) is 11.8 Å². The van der Waals surface area contributed by atoms with Crippen LogP contribution < -0.4 is 5.32 Å². The van der Waals surface area contributed by atoms with Gasteiger partial charge in [-0.25, -0.2) is 17.6 Å². The maximum absolute atomic E-state index is 14.8. The molecule has 316 valence electrons. The predicted octanol–water partition coefficient (Wildman–Crippen LogP) is 11.0. The molecule has 5 aliphatic rings. The Bertz CT molecular complexity index is 1820. The lowest BCUT2D eigenvalue weighted by Crippen LogP contribution is -2.67. The molecule has 0 radical (unpaired) electrons. The summed E-state index contributed by atoms with van der Waals surface area (Å²) in [5.74, 6) is -6.57. The van der Waals surface area contributed by atoms with Crippen molar-refractivity contribution in [2.24, 2.45) is 67.1 Å². The molecule has 0 spiro atoms. The van der Waals surface area contributed by atoms with Gasteiger partial charge < -0.3 is 15.2 Å². The van der Waals surface area contributed by atoms with Crippen LogP contribution in [-0.4, -0.2) is 35.8 Å². The minimum Gasteiger partial charge on any atom is -0.481 e. The summed E-state index contributed by atoms with van der Waals surface area (Å²) < 4.78 is 64.8. The number of carboxylic acid groups (broad SMARTS) is 1. The number of esters is 1. The number of ether oxygens (including phenoxy) is 1. The number of allylic oxidation sites excluding steroid dienone is 1. The lowest BCUT2D eigenvalue weighted by Gasteiger charge is -2.73. The maximum Gasteiger partial charge on any atom is 0.306 e. The first kappa shape index (κ1) is 43.3. The van der Waals surface area contributed by atoms with Crippen LogP contribution in [0.4, 0.5) is 23.2 Å². The van der Waals surface area contributed by atoms with Crippen LogP contribution in [0.25, 0.3) is 0 Å². The lowest BCUT2D eigenvalue weighted by atomic mass is 9.32. The van der Waals surface area contributed by atoms with Gasteiger partial charge in [0.2, 0.25) is 5.91 Å². The number of carbonyl (C=O) groups is 3. The van der Waals surface area contributed by atoms with E-state index >= 15 is 0 Å². The van der Waals surface area contributed by atoms with Crippen LogP contribution in [-0.2, 0) is 25.7 Å². The van der Waals surface area contributed by atoms with Crippen LogP contribution in [0, 0.1) is 85.3 Å². The molecule has 5 saturated carbocycles. The summed E-state index contributed by atoms with van der Waals surface area (Å²) in [5.41, 5.74) is -2.16. The predicted molar refractivity (Wildman–Crippen MR) is 211 cm³/mol. The van der Waals surface area contributed by atoms with Crippen molar-refractivity contribution in [2.45, 2.75) is 152 Å². The van der Waals surface area contributed by atoms with E-state index in [1.54, 1.807) is 13.8 Å². The number of benzene rings is 1. The number of rotatable bonds is 11. The third-order valence-corrected chi connectivity index (χ3v) is 17.2. The first-order valence-corrected chi connectivity index (χ1v) is 21.0. The summed E-state index contributed by atoms with van der Waals surface area (Å²) in [6.07, 6.45) is 9.25. The van der Waals surface area contributed by atoms with Crippen molar-refractivity contribution in [3.63, 3.8) is 0 Å². The van der Waals surface area contributed by atoms with Gasteiger partial charge in [0.25, 0.3) is 0 Å².